The minimum atomic E-state index is -0.264. The Morgan fingerprint density at radius 3 is 2.83 bits per heavy atom. The van der Waals surface area contributed by atoms with E-state index in [9.17, 15) is 9.90 Å². The molecule has 1 saturated carbocycles. The maximum absolute atomic E-state index is 11.8. The van der Waals surface area contributed by atoms with Crippen LogP contribution in [-0.4, -0.2) is 23.8 Å². The summed E-state index contributed by atoms with van der Waals surface area (Å²) in [6, 6.07) is 0. The monoisotopic (exact) mass is 250 g/mol. The first-order chi connectivity index (χ1) is 8.42. The van der Waals surface area contributed by atoms with Gasteiger partial charge in [0.2, 0.25) is 0 Å². The van der Waals surface area contributed by atoms with E-state index in [1.54, 1.807) is 0 Å². The summed E-state index contributed by atoms with van der Waals surface area (Å²) in [4.78, 5) is 11.8. The van der Waals surface area contributed by atoms with Crippen LogP contribution in [-0.2, 0) is 9.53 Å². The van der Waals surface area contributed by atoms with Crippen LogP contribution in [0.5, 0.6) is 0 Å². The van der Waals surface area contributed by atoms with Gasteiger partial charge in [-0.3, -0.25) is 0 Å². The first-order valence-corrected chi connectivity index (χ1v) is 6.99. The minimum Gasteiger partial charge on any atom is -0.458 e. The molecule has 1 aliphatic heterocycles. The van der Waals surface area contributed by atoms with Gasteiger partial charge in [-0.1, -0.05) is 20.8 Å². The largest absolute Gasteiger partial charge is 0.458 e. The first kappa shape index (κ1) is 12.2. The second-order valence-corrected chi connectivity index (χ2v) is 6.92. The normalized spacial score (nSPS) is 42.3. The highest BCUT2D eigenvalue weighted by atomic mass is 16.5. The molecule has 3 rings (SSSR count). The van der Waals surface area contributed by atoms with Crippen LogP contribution in [0.3, 0.4) is 0 Å². The van der Waals surface area contributed by atoms with Gasteiger partial charge in [0.15, 0.2) is 0 Å². The van der Waals surface area contributed by atoms with Crippen LogP contribution in [0.2, 0.25) is 0 Å². The minimum absolute atomic E-state index is 0.0509. The fraction of sp³-hybridized carbons (Fsp3) is 0.800. The van der Waals surface area contributed by atoms with Crippen LogP contribution in [0, 0.1) is 23.2 Å². The summed E-state index contributed by atoms with van der Waals surface area (Å²) in [7, 11) is 0. The lowest BCUT2D eigenvalue weighted by Crippen LogP contribution is -2.32. The van der Waals surface area contributed by atoms with Crippen molar-refractivity contribution in [3.8, 4) is 0 Å². The molecule has 0 aromatic heterocycles. The van der Waals surface area contributed by atoms with Gasteiger partial charge in [-0.15, -0.1) is 0 Å². The average molecular weight is 250 g/mol. The zero-order chi connectivity index (χ0) is 13.1. The third kappa shape index (κ3) is 1.56. The Bertz CT molecular complexity index is 421. The molecular weight excluding hydrogens is 228 g/mol. The number of aliphatic hydroxyl groups is 1. The molecule has 0 aromatic rings. The second-order valence-electron chi connectivity index (χ2n) is 6.92. The number of fused-ring (bicyclic) bond motifs is 2. The smallest absolute Gasteiger partial charge is 0.334 e. The summed E-state index contributed by atoms with van der Waals surface area (Å²) in [5.74, 6) is 0.998. The standard InChI is InChI=1S/C15H22O3/c1-8-4-5-9-11(7-18-14(9)17)10-6-15(2,3)13(16)12(8)10/h8,10,12-13,16H,4-7H2,1-3H3. The molecule has 0 saturated heterocycles. The zero-order valence-corrected chi connectivity index (χ0v) is 11.4. The van der Waals surface area contributed by atoms with Gasteiger partial charge in [0.05, 0.1) is 6.10 Å². The third-order valence-corrected chi connectivity index (χ3v) is 5.32. The Hall–Kier alpha value is -0.830. The first-order valence-electron chi connectivity index (χ1n) is 6.99. The Kier molecular flexibility index (Phi) is 2.60. The molecule has 3 aliphatic rings. The van der Waals surface area contributed by atoms with E-state index in [0.717, 1.165) is 24.8 Å². The molecule has 1 heterocycles. The molecule has 4 atom stereocenters. The lowest BCUT2D eigenvalue weighted by atomic mass is 9.79. The van der Waals surface area contributed by atoms with E-state index < -0.39 is 0 Å². The van der Waals surface area contributed by atoms with Gasteiger partial charge in [-0.2, -0.15) is 0 Å². The molecule has 0 aromatic carbocycles. The lowest BCUT2D eigenvalue weighted by Gasteiger charge is -2.29. The fourth-order valence-corrected chi connectivity index (χ4v) is 4.23. The topological polar surface area (TPSA) is 46.5 Å². The summed E-state index contributed by atoms with van der Waals surface area (Å²) in [5, 5.41) is 10.6. The van der Waals surface area contributed by atoms with Crippen molar-refractivity contribution in [3.05, 3.63) is 11.1 Å². The van der Waals surface area contributed by atoms with E-state index in [-0.39, 0.29) is 17.5 Å². The fourth-order valence-electron chi connectivity index (χ4n) is 4.23. The van der Waals surface area contributed by atoms with Gasteiger partial charge in [0, 0.05) is 5.57 Å². The number of hydrogen-bond donors (Lipinski definition) is 1. The highest BCUT2D eigenvalue weighted by molar-refractivity contribution is 5.92. The number of hydrogen-bond acceptors (Lipinski definition) is 3. The van der Waals surface area contributed by atoms with Gasteiger partial charge in [0.25, 0.3) is 0 Å². The SMILES string of the molecule is CC1CCC2=C(COC2=O)C2CC(C)(C)C(O)C12. The van der Waals surface area contributed by atoms with Crippen molar-refractivity contribution < 1.29 is 14.6 Å². The number of aliphatic hydroxyl groups excluding tert-OH is 1. The quantitative estimate of drug-likeness (QED) is 0.671. The number of carbonyl (C=O) groups is 1. The van der Waals surface area contributed by atoms with Crippen LogP contribution in [0.15, 0.2) is 11.1 Å². The summed E-state index contributed by atoms with van der Waals surface area (Å²) in [5.41, 5.74) is 2.06. The molecule has 3 heteroatoms. The van der Waals surface area contributed by atoms with Gasteiger partial charge in [-0.05, 0) is 48.0 Å². The van der Waals surface area contributed by atoms with E-state index in [1.165, 1.54) is 5.57 Å². The van der Waals surface area contributed by atoms with Crippen molar-refractivity contribution >= 4 is 5.97 Å². The molecule has 3 nitrogen and oxygen atoms in total. The summed E-state index contributed by atoms with van der Waals surface area (Å²) in [6.07, 6.45) is 2.52. The Morgan fingerprint density at radius 1 is 1.39 bits per heavy atom. The van der Waals surface area contributed by atoms with Gasteiger partial charge < -0.3 is 9.84 Å². The van der Waals surface area contributed by atoms with Crippen molar-refractivity contribution in [2.75, 3.05) is 6.61 Å². The molecule has 4 unspecified atom stereocenters. The molecule has 2 aliphatic carbocycles. The molecule has 0 radical (unpaired) electrons. The summed E-state index contributed by atoms with van der Waals surface area (Å²) in [6.45, 7) is 6.95. The van der Waals surface area contributed by atoms with Crippen molar-refractivity contribution in [2.45, 2.75) is 46.1 Å². The Balaban J connectivity index is 2.03. The molecule has 0 amide bonds. The van der Waals surface area contributed by atoms with Crippen molar-refractivity contribution in [1.29, 1.82) is 0 Å². The number of carbonyl (C=O) groups excluding carboxylic acids is 1. The maximum Gasteiger partial charge on any atom is 0.334 e. The van der Waals surface area contributed by atoms with Gasteiger partial charge in [0.1, 0.15) is 6.61 Å². The number of cyclic esters (lactones) is 1. The van der Waals surface area contributed by atoms with E-state index >= 15 is 0 Å². The van der Waals surface area contributed by atoms with E-state index in [0.29, 0.717) is 24.4 Å². The van der Waals surface area contributed by atoms with Crippen LogP contribution in [0.25, 0.3) is 0 Å². The molecule has 100 valence electrons. The highest BCUT2D eigenvalue weighted by Gasteiger charge is 2.53. The molecule has 18 heavy (non-hydrogen) atoms. The predicted octanol–water partition coefficient (Wildman–Crippen LogP) is 2.29. The molecule has 1 fully saturated rings. The highest BCUT2D eigenvalue weighted by Crippen LogP contribution is 2.54. The van der Waals surface area contributed by atoms with Crippen molar-refractivity contribution in [2.24, 2.45) is 23.2 Å². The molecule has 0 bridgehead atoms. The molecule has 1 N–H and O–H groups in total. The van der Waals surface area contributed by atoms with Gasteiger partial charge in [-0.25, -0.2) is 4.79 Å². The number of rotatable bonds is 0. The van der Waals surface area contributed by atoms with Crippen LogP contribution in [0.4, 0.5) is 0 Å². The lowest BCUT2D eigenvalue weighted by molar-refractivity contribution is -0.136. The van der Waals surface area contributed by atoms with Crippen LogP contribution < -0.4 is 0 Å². The Morgan fingerprint density at radius 2 is 2.11 bits per heavy atom. The van der Waals surface area contributed by atoms with E-state index in [1.807, 2.05) is 0 Å². The van der Waals surface area contributed by atoms with E-state index in [2.05, 4.69) is 20.8 Å². The summed E-state index contributed by atoms with van der Waals surface area (Å²) >= 11 is 0. The van der Waals surface area contributed by atoms with Crippen LogP contribution >= 0.6 is 0 Å². The maximum atomic E-state index is 11.8. The predicted molar refractivity (Wildman–Crippen MR) is 67.8 cm³/mol. The molecule has 0 spiro atoms. The number of esters is 1. The zero-order valence-electron chi connectivity index (χ0n) is 11.4. The van der Waals surface area contributed by atoms with Crippen LogP contribution in [0.1, 0.15) is 40.0 Å². The Labute approximate surface area is 108 Å². The second kappa shape index (κ2) is 3.83. The van der Waals surface area contributed by atoms with E-state index in [4.69, 9.17) is 4.74 Å². The van der Waals surface area contributed by atoms with Gasteiger partial charge >= 0.3 is 5.97 Å². The van der Waals surface area contributed by atoms with Crippen molar-refractivity contribution in [1.82, 2.24) is 0 Å². The third-order valence-electron chi connectivity index (χ3n) is 5.32. The average Bonchev–Trinajstić information content (AvgIpc) is 2.71. The number of ether oxygens (including phenoxy) is 1. The van der Waals surface area contributed by atoms with Crippen molar-refractivity contribution in [3.63, 3.8) is 0 Å². The molecular formula is C15H22O3. The summed E-state index contributed by atoms with van der Waals surface area (Å²) < 4.78 is 5.21.